The Bertz CT molecular complexity index is 477. The van der Waals surface area contributed by atoms with Gasteiger partial charge in [-0.2, -0.15) is 0 Å². The van der Waals surface area contributed by atoms with Gasteiger partial charge < -0.3 is 15.4 Å². The van der Waals surface area contributed by atoms with Gasteiger partial charge in [0.25, 0.3) is 0 Å². The number of carbonyl (C=O) groups excluding carboxylic acids is 1. The molecule has 1 aromatic rings. The van der Waals surface area contributed by atoms with Gasteiger partial charge in [-0.25, -0.2) is 4.79 Å². The molecule has 1 aliphatic heterocycles. The Labute approximate surface area is 127 Å². The fourth-order valence-corrected chi connectivity index (χ4v) is 3.23. The number of halogens is 1. The van der Waals surface area contributed by atoms with Gasteiger partial charge in [-0.05, 0) is 37.0 Å². The van der Waals surface area contributed by atoms with Crippen LogP contribution in [0.4, 0.5) is 4.79 Å². The summed E-state index contributed by atoms with van der Waals surface area (Å²) < 4.78 is 6.70. The van der Waals surface area contributed by atoms with Crippen molar-refractivity contribution in [3.63, 3.8) is 0 Å². The van der Waals surface area contributed by atoms with Crippen LogP contribution in [0.15, 0.2) is 28.7 Å². The molecule has 2 N–H and O–H groups in total. The largest absolute Gasteiger partial charge is 0.378 e. The van der Waals surface area contributed by atoms with E-state index in [1.54, 1.807) is 0 Å². The molecule has 2 amide bonds. The summed E-state index contributed by atoms with van der Waals surface area (Å²) in [6, 6.07) is 8.15. The van der Waals surface area contributed by atoms with Gasteiger partial charge in [-0.3, -0.25) is 0 Å². The van der Waals surface area contributed by atoms with Crippen LogP contribution in [0.2, 0.25) is 0 Å². The van der Waals surface area contributed by atoms with Gasteiger partial charge in [-0.15, -0.1) is 0 Å². The SMILES string of the molecule is O=C(NCc1ccc(Br)cc1)NC1CC2OCCCC12. The Hall–Kier alpha value is -1.07. The highest BCUT2D eigenvalue weighted by atomic mass is 79.9. The van der Waals surface area contributed by atoms with Gasteiger partial charge in [0.05, 0.1) is 6.10 Å². The van der Waals surface area contributed by atoms with Gasteiger partial charge in [0.1, 0.15) is 0 Å². The second-order valence-corrected chi connectivity index (χ2v) is 6.43. The molecule has 5 heteroatoms. The van der Waals surface area contributed by atoms with Crippen LogP contribution in [0.25, 0.3) is 0 Å². The van der Waals surface area contributed by atoms with E-state index in [0.29, 0.717) is 18.6 Å². The van der Waals surface area contributed by atoms with Crippen molar-refractivity contribution in [3.8, 4) is 0 Å². The summed E-state index contributed by atoms with van der Waals surface area (Å²) in [4.78, 5) is 11.9. The third-order valence-electron chi connectivity index (χ3n) is 4.18. The smallest absolute Gasteiger partial charge is 0.315 e. The number of amides is 2. The molecule has 0 bridgehead atoms. The summed E-state index contributed by atoms with van der Waals surface area (Å²) in [5, 5.41) is 5.96. The Morgan fingerprint density at radius 1 is 1.35 bits per heavy atom. The van der Waals surface area contributed by atoms with Crippen molar-refractivity contribution in [1.29, 1.82) is 0 Å². The normalized spacial score (nSPS) is 28.1. The summed E-state index contributed by atoms with van der Waals surface area (Å²) in [5.41, 5.74) is 1.09. The van der Waals surface area contributed by atoms with E-state index in [4.69, 9.17) is 4.74 Å². The minimum atomic E-state index is -0.0815. The summed E-state index contributed by atoms with van der Waals surface area (Å²) in [7, 11) is 0. The fraction of sp³-hybridized carbons (Fsp3) is 0.533. The van der Waals surface area contributed by atoms with Crippen LogP contribution in [-0.4, -0.2) is 24.8 Å². The lowest BCUT2D eigenvalue weighted by molar-refractivity contribution is -0.0999. The van der Waals surface area contributed by atoms with Gasteiger partial charge in [0.2, 0.25) is 0 Å². The van der Waals surface area contributed by atoms with Gasteiger partial charge >= 0.3 is 6.03 Å². The number of hydrogen-bond acceptors (Lipinski definition) is 2. The Kier molecular flexibility index (Phi) is 4.27. The lowest BCUT2D eigenvalue weighted by atomic mass is 9.72. The standard InChI is InChI=1S/C15H19BrN2O2/c16-11-5-3-10(4-6-11)9-17-15(19)18-13-8-14-12(13)2-1-7-20-14/h3-6,12-14H,1-2,7-9H2,(H2,17,18,19). The van der Waals surface area contributed by atoms with Crippen LogP contribution in [0, 0.1) is 5.92 Å². The van der Waals surface area contributed by atoms with E-state index in [1.807, 2.05) is 24.3 Å². The molecule has 0 aromatic heterocycles. The molecular formula is C15H19BrN2O2. The van der Waals surface area contributed by atoms with Crippen molar-refractivity contribution in [2.75, 3.05) is 6.61 Å². The van der Waals surface area contributed by atoms with Crippen molar-refractivity contribution < 1.29 is 9.53 Å². The Balaban J connectivity index is 1.42. The van der Waals surface area contributed by atoms with Crippen molar-refractivity contribution in [1.82, 2.24) is 10.6 Å². The number of fused-ring (bicyclic) bond motifs is 1. The topological polar surface area (TPSA) is 50.4 Å². The third kappa shape index (κ3) is 3.15. The fourth-order valence-electron chi connectivity index (χ4n) is 2.97. The first-order valence-corrected chi connectivity index (χ1v) is 7.92. The van der Waals surface area contributed by atoms with Gasteiger partial charge in [0.15, 0.2) is 0 Å². The van der Waals surface area contributed by atoms with Crippen LogP contribution in [0.3, 0.4) is 0 Å². The molecule has 1 aliphatic carbocycles. The molecule has 4 nitrogen and oxygen atoms in total. The molecule has 1 aromatic carbocycles. The molecule has 3 atom stereocenters. The quantitative estimate of drug-likeness (QED) is 0.890. The first-order chi connectivity index (χ1) is 9.72. The molecule has 20 heavy (non-hydrogen) atoms. The summed E-state index contributed by atoms with van der Waals surface area (Å²) in [6.07, 6.45) is 3.61. The molecule has 2 fully saturated rings. The Morgan fingerprint density at radius 2 is 2.15 bits per heavy atom. The number of nitrogens with one attached hydrogen (secondary N) is 2. The zero-order valence-electron chi connectivity index (χ0n) is 11.3. The van der Waals surface area contributed by atoms with Crippen molar-refractivity contribution >= 4 is 22.0 Å². The molecular weight excluding hydrogens is 320 g/mol. The molecule has 1 heterocycles. The molecule has 1 saturated carbocycles. The van der Waals surface area contributed by atoms with E-state index >= 15 is 0 Å². The first kappa shape index (κ1) is 13.9. The molecule has 3 rings (SSSR count). The average Bonchev–Trinajstić information content (AvgIpc) is 2.44. The zero-order valence-corrected chi connectivity index (χ0v) is 12.9. The first-order valence-electron chi connectivity index (χ1n) is 7.13. The molecule has 3 unspecified atom stereocenters. The summed E-state index contributed by atoms with van der Waals surface area (Å²) >= 11 is 3.40. The molecule has 0 spiro atoms. The second kappa shape index (κ2) is 6.14. The molecule has 1 saturated heterocycles. The maximum absolute atomic E-state index is 11.9. The van der Waals surface area contributed by atoms with Crippen LogP contribution < -0.4 is 10.6 Å². The zero-order chi connectivity index (χ0) is 13.9. The average molecular weight is 339 g/mol. The highest BCUT2D eigenvalue weighted by Gasteiger charge is 2.43. The highest BCUT2D eigenvalue weighted by Crippen LogP contribution is 2.37. The van der Waals surface area contributed by atoms with E-state index in [9.17, 15) is 4.79 Å². The number of benzene rings is 1. The molecule has 108 valence electrons. The van der Waals surface area contributed by atoms with Gasteiger partial charge in [0, 0.05) is 29.6 Å². The minimum absolute atomic E-state index is 0.0815. The predicted molar refractivity (Wildman–Crippen MR) is 80.4 cm³/mol. The number of ether oxygens (including phenoxy) is 1. The number of rotatable bonds is 3. The van der Waals surface area contributed by atoms with Crippen LogP contribution in [0.1, 0.15) is 24.8 Å². The number of carbonyl (C=O) groups is 1. The summed E-state index contributed by atoms with van der Waals surface area (Å²) in [5.74, 6) is 0.516. The molecule has 0 radical (unpaired) electrons. The van der Waals surface area contributed by atoms with Crippen LogP contribution in [0.5, 0.6) is 0 Å². The van der Waals surface area contributed by atoms with E-state index < -0.39 is 0 Å². The number of urea groups is 1. The van der Waals surface area contributed by atoms with E-state index in [-0.39, 0.29) is 12.1 Å². The predicted octanol–water partition coefficient (Wildman–Crippen LogP) is 2.82. The van der Waals surface area contributed by atoms with E-state index in [1.165, 1.54) is 6.42 Å². The lowest BCUT2D eigenvalue weighted by Crippen LogP contribution is -2.59. The summed E-state index contributed by atoms with van der Waals surface area (Å²) in [6.45, 7) is 1.43. The van der Waals surface area contributed by atoms with E-state index in [2.05, 4.69) is 26.6 Å². The van der Waals surface area contributed by atoms with Crippen LogP contribution >= 0.6 is 15.9 Å². The highest BCUT2D eigenvalue weighted by molar-refractivity contribution is 9.10. The van der Waals surface area contributed by atoms with Crippen LogP contribution in [-0.2, 0) is 11.3 Å². The van der Waals surface area contributed by atoms with Gasteiger partial charge in [-0.1, -0.05) is 28.1 Å². The Morgan fingerprint density at radius 3 is 2.90 bits per heavy atom. The minimum Gasteiger partial charge on any atom is -0.378 e. The van der Waals surface area contributed by atoms with Crippen molar-refractivity contribution in [2.45, 2.75) is 38.0 Å². The monoisotopic (exact) mass is 338 g/mol. The van der Waals surface area contributed by atoms with Crippen molar-refractivity contribution in [3.05, 3.63) is 34.3 Å². The number of hydrogen-bond donors (Lipinski definition) is 2. The second-order valence-electron chi connectivity index (χ2n) is 5.51. The lowest BCUT2D eigenvalue weighted by Gasteiger charge is -2.47. The molecule has 2 aliphatic rings. The maximum atomic E-state index is 11.9. The van der Waals surface area contributed by atoms with E-state index in [0.717, 1.165) is 29.5 Å². The van der Waals surface area contributed by atoms with Crippen molar-refractivity contribution in [2.24, 2.45) is 5.92 Å². The maximum Gasteiger partial charge on any atom is 0.315 e. The third-order valence-corrected chi connectivity index (χ3v) is 4.71.